The van der Waals surface area contributed by atoms with Crippen LogP contribution < -0.4 is 4.74 Å². The normalized spacial score (nSPS) is 19.1. The third-order valence-corrected chi connectivity index (χ3v) is 1.89. The van der Waals surface area contributed by atoms with E-state index in [-0.39, 0.29) is 18.8 Å². The van der Waals surface area contributed by atoms with Crippen LogP contribution in [-0.4, -0.2) is 19.3 Å². The Balaban J connectivity index is 2.25. The van der Waals surface area contributed by atoms with Crippen LogP contribution >= 0.6 is 0 Å². The molecular formula is C9H6F4O2. The van der Waals surface area contributed by atoms with Crippen molar-refractivity contribution < 1.29 is 27.0 Å². The van der Waals surface area contributed by atoms with Gasteiger partial charge in [-0.05, 0) is 0 Å². The molecule has 0 unspecified atom stereocenters. The topological polar surface area (TPSA) is 21.8 Å². The molecule has 1 aliphatic heterocycles. The van der Waals surface area contributed by atoms with Gasteiger partial charge in [-0.25, -0.2) is 8.78 Å². The zero-order valence-electron chi connectivity index (χ0n) is 7.40. The van der Waals surface area contributed by atoms with Gasteiger partial charge in [0, 0.05) is 6.07 Å². The SMILES string of the molecule is Fc1cc(F)c(F)c(OC[C@H]2CO2)c1F. The third-order valence-electron chi connectivity index (χ3n) is 1.89. The molecule has 1 aliphatic rings. The maximum atomic E-state index is 13.0. The Morgan fingerprint density at radius 3 is 2.20 bits per heavy atom. The number of rotatable bonds is 3. The lowest BCUT2D eigenvalue weighted by atomic mass is 10.3. The van der Waals surface area contributed by atoms with Crippen molar-refractivity contribution in [2.75, 3.05) is 13.2 Å². The molecule has 1 atom stereocenters. The van der Waals surface area contributed by atoms with Crippen molar-refractivity contribution in [2.24, 2.45) is 0 Å². The van der Waals surface area contributed by atoms with Crippen LogP contribution in [0, 0.1) is 23.3 Å². The van der Waals surface area contributed by atoms with E-state index in [1.807, 2.05) is 0 Å². The summed E-state index contributed by atoms with van der Waals surface area (Å²) in [6.07, 6.45) is -0.255. The van der Waals surface area contributed by atoms with Gasteiger partial charge in [0.1, 0.15) is 12.7 Å². The van der Waals surface area contributed by atoms with Gasteiger partial charge in [-0.3, -0.25) is 0 Å². The van der Waals surface area contributed by atoms with Crippen LogP contribution in [0.2, 0.25) is 0 Å². The summed E-state index contributed by atoms with van der Waals surface area (Å²) in [7, 11) is 0. The highest BCUT2D eigenvalue weighted by Gasteiger charge is 2.26. The fourth-order valence-electron chi connectivity index (χ4n) is 1.02. The summed E-state index contributed by atoms with van der Waals surface area (Å²) in [6, 6.07) is 0.130. The van der Waals surface area contributed by atoms with E-state index in [2.05, 4.69) is 4.74 Å². The summed E-state index contributed by atoms with van der Waals surface area (Å²) in [5.41, 5.74) is 0. The number of benzene rings is 1. The Bertz CT molecular complexity index is 364. The minimum Gasteiger partial charge on any atom is -0.485 e. The smallest absolute Gasteiger partial charge is 0.203 e. The summed E-state index contributed by atoms with van der Waals surface area (Å²) in [6.45, 7) is 0.289. The van der Waals surface area contributed by atoms with Gasteiger partial charge >= 0.3 is 0 Å². The fourth-order valence-corrected chi connectivity index (χ4v) is 1.02. The van der Waals surface area contributed by atoms with Gasteiger partial charge in [-0.1, -0.05) is 0 Å². The highest BCUT2D eigenvalue weighted by Crippen LogP contribution is 2.27. The van der Waals surface area contributed by atoms with Gasteiger partial charge in [0.15, 0.2) is 17.4 Å². The van der Waals surface area contributed by atoms with Crippen LogP contribution in [0.1, 0.15) is 0 Å². The van der Waals surface area contributed by atoms with Crippen LogP contribution in [0.4, 0.5) is 17.6 Å². The monoisotopic (exact) mass is 222 g/mol. The molecule has 15 heavy (non-hydrogen) atoms. The van der Waals surface area contributed by atoms with Crippen molar-refractivity contribution in [3.63, 3.8) is 0 Å². The Labute approximate surface area is 82.4 Å². The molecule has 0 amide bonds. The van der Waals surface area contributed by atoms with E-state index < -0.39 is 29.0 Å². The first-order valence-electron chi connectivity index (χ1n) is 4.17. The number of epoxide rings is 1. The number of halogens is 4. The minimum absolute atomic E-state index is 0.128. The van der Waals surface area contributed by atoms with Gasteiger partial charge in [-0.2, -0.15) is 8.78 Å². The molecule has 6 heteroatoms. The van der Waals surface area contributed by atoms with E-state index in [4.69, 9.17) is 4.74 Å². The molecule has 0 N–H and O–H groups in total. The molecular weight excluding hydrogens is 216 g/mol. The quantitative estimate of drug-likeness (QED) is 0.443. The number of hydrogen-bond donors (Lipinski definition) is 0. The van der Waals surface area contributed by atoms with Crippen LogP contribution in [0.3, 0.4) is 0 Å². The molecule has 0 saturated carbocycles. The summed E-state index contributed by atoms with van der Waals surface area (Å²) in [4.78, 5) is 0. The molecule has 82 valence electrons. The summed E-state index contributed by atoms with van der Waals surface area (Å²) in [5.74, 6) is -7.08. The summed E-state index contributed by atoms with van der Waals surface area (Å²) >= 11 is 0. The van der Waals surface area contributed by atoms with E-state index in [0.717, 1.165) is 0 Å². The lowest BCUT2D eigenvalue weighted by Gasteiger charge is -2.07. The summed E-state index contributed by atoms with van der Waals surface area (Å²) in [5, 5.41) is 0. The van der Waals surface area contributed by atoms with Crippen molar-refractivity contribution in [3.05, 3.63) is 29.3 Å². The van der Waals surface area contributed by atoms with Crippen LogP contribution in [0.15, 0.2) is 6.07 Å². The van der Waals surface area contributed by atoms with E-state index in [0.29, 0.717) is 6.61 Å². The van der Waals surface area contributed by atoms with Gasteiger partial charge in [0.2, 0.25) is 11.6 Å². The van der Waals surface area contributed by atoms with Gasteiger partial charge in [-0.15, -0.1) is 0 Å². The predicted molar refractivity (Wildman–Crippen MR) is 41.5 cm³/mol. The molecule has 1 aromatic rings. The second-order valence-corrected chi connectivity index (χ2v) is 3.06. The standard InChI is InChI=1S/C9H6F4O2/c10-5-1-6(11)8(13)9(7(5)12)15-3-4-2-14-4/h1,4H,2-3H2/t4-/m1/s1. The fraction of sp³-hybridized carbons (Fsp3) is 0.333. The second-order valence-electron chi connectivity index (χ2n) is 3.06. The minimum atomic E-state index is -1.53. The highest BCUT2D eigenvalue weighted by molar-refractivity contribution is 5.28. The number of ether oxygens (including phenoxy) is 2. The second kappa shape index (κ2) is 3.69. The molecule has 0 aromatic heterocycles. The Hall–Kier alpha value is -1.30. The molecule has 1 fully saturated rings. The van der Waals surface area contributed by atoms with Crippen molar-refractivity contribution in [2.45, 2.75) is 6.10 Å². The maximum absolute atomic E-state index is 13.0. The maximum Gasteiger partial charge on any atom is 0.203 e. The molecule has 2 nitrogen and oxygen atoms in total. The first-order chi connectivity index (χ1) is 7.09. The highest BCUT2D eigenvalue weighted by atomic mass is 19.2. The zero-order valence-corrected chi connectivity index (χ0v) is 7.40. The average molecular weight is 222 g/mol. The molecule has 2 rings (SSSR count). The molecule has 0 aliphatic carbocycles. The van der Waals surface area contributed by atoms with Crippen LogP contribution in [0.5, 0.6) is 5.75 Å². The molecule has 1 saturated heterocycles. The Morgan fingerprint density at radius 1 is 1.20 bits per heavy atom. The van der Waals surface area contributed by atoms with E-state index in [1.165, 1.54) is 0 Å². The molecule has 1 aromatic carbocycles. The largest absolute Gasteiger partial charge is 0.485 e. The predicted octanol–water partition coefficient (Wildman–Crippen LogP) is 2.02. The van der Waals surface area contributed by atoms with Crippen molar-refractivity contribution in [1.82, 2.24) is 0 Å². The van der Waals surface area contributed by atoms with Crippen molar-refractivity contribution in [3.8, 4) is 5.75 Å². The van der Waals surface area contributed by atoms with Crippen molar-refractivity contribution in [1.29, 1.82) is 0 Å². The average Bonchev–Trinajstić information content (AvgIpc) is 2.99. The van der Waals surface area contributed by atoms with Crippen LogP contribution in [0.25, 0.3) is 0 Å². The molecule has 0 radical (unpaired) electrons. The molecule has 0 bridgehead atoms. The van der Waals surface area contributed by atoms with Gasteiger partial charge < -0.3 is 9.47 Å². The lowest BCUT2D eigenvalue weighted by molar-refractivity contribution is 0.236. The van der Waals surface area contributed by atoms with Crippen LogP contribution in [-0.2, 0) is 4.74 Å². The first-order valence-corrected chi connectivity index (χ1v) is 4.17. The first kappa shape index (κ1) is 10.2. The Kier molecular flexibility index (Phi) is 2.52. The third kappa shape index (κ3) is 2.04. The van der Waals surface area contributed by atoms with E-state index >= 15 is 0 Å². The van der Waals surface area contributed by atoms with Gasteiger partial charge in [0.05, 0.1) is 6.61 Å². The van der Waals surface area contributed by atoms with Gasteiger partial charge in [0.25, 0.3) is 0 Å². The van der Waals surface area contributed by atoms with E-state index in [9.17, 15) is 17.6 Å². The lowest BCUT2D eigenvalue weighted by Crippen LogP contribution is -2.09. The van der Waals surface area contributed by atoms with Crippen molar-refractivity contribution >= 4 is 0 Å². The number of hydrogen-bond acceptors (Lipinski definition) is 2. The molecule has 1 heterocycles. The van der Waals surface area contributed by atoms with E-state index in [1.54, 1.807) is 0 Å². The summed E-state index contributed by atoms with van der Waals surface area (Å²) < 4.78 is 60.6. The zero-order chi connectivity index (χ0) is 11.0. The Morgan fingerprint density at radius 2 is 1.73 bits per heavy atom. The molecule has 0 spiro atoms.